The van der Waals surface area contributed by atoms with Gasteiger partial charge in [-0.2, -0.15) is 0 Å². The van der Waals surface area contributed by atoms with Gasteiger partial charge in [0.25, 0.3) is 0 Å². The molecule has 112 valence electrons. The molecule has 0 aliphatic carbocycles. The Hall–Kier alpha value is -1.80. The zero-order valence-corrected chi connectivity index (χ0v) is 12.3. The molecule has 0 aliphatic rings. The lowest BCUT2D eigenvalue weighted by Crippen LogP contribution is -2.37. The van der Waals surface area contributed by atoms with Crippen molar-refractivity contribution in [2.75, 3.05) is 25.9 Å². The molecule has 1 rings (SSSR count). The van der Waals surface area contributed by atoms with Gasteiger partial charge in [-0.15, -0.1) is 0 Å². The summed E-state index contributed by atoms with van der Waals surface area (Å²) in [7, 11) is -2.50. The van der Waals surface area contributed by atoms with Crippen molar-refractivity contribution in [2.45, 2.75) is 18.2 Å². The summed E-state index contributed by atoms with van der Waals surface area (Å²) in [6.07, 6.45) is 0.779. The van der Waals surface area contributed by atoms with Gasteiger partial charge in [0.15, 0.2) is 0 Å². The number of amides is 1. The molecule has 0 bridgehead atoms. The SMILES string of the molecule is CCCNC(=O)CNS(=O)(=O)c1cc(N)ccc1OC. The van der Waals surface area contributed by atoms with Gasteiger partial charge in [-0.3, -0.25) is 4.79 Å². The topological polar surface area (TPSA) is 111 Å². The van der Waals surface area contributed by atoms with Crippen LogP contribution in [0.2, 0.25) is 0 Å². The van der Waals surface area contributed by atoms with E-state index >= 15 is 0 Å². The molecular weight excluding hydrogens is 282 g/mol. The first-order chi connectivity index (χ1) is 9.40. The Balaban J connectivity index is 2.84. The predicted octanol–water partition coefficient (Wildman–Crippen LogP) is 0.0819. The zero-order valence-electron chi connectivity index (χ0n) is 11.5. The monoisotopic (exact) mass is 301 g/mol. The van der Waals surface area contributed by atoms with Gasteiger partial charge in [0.2, 0.25) is 15.9 Å². The zero-order chi connectivity index (χ0) is 15.2. The maximum Gasteiger partial charge on any atom is 0.244 e. The molecule has 7 nitrogen and oxygen atoms in total. The van der Waals surface area contributed by atoms with Crippen molar-refractivity contribution >= 4 is 21.6 Å². The minimum absolute atomic E-state index is 0.0942. The summed E-state index contributed by atoms with van der Waals surface area (Å²) in [5, 5.41) is 2.57. The number of methoxy groups -OCH3 is 1. The van der Waals surface area contributed by atoms with Gasteiger partial charge < -0.3 is 15.8 Å². The van der Waals surface area contributed by atoms with Gasteiger partial charge in [-0.1, -0.05) is 6.92 Å². The highest BCUT2D eigenvalue weighted by Gasteiger charge is 2.20. The predicted molar refractivity (Wildman–Crippen MR) is 75.9 cm³/mol. The Bertz CT molecular complexity index is 572. The Labute approximate surface area is 118 Å². The molecule has 0 spiro atoms. The number of anilines is 1. The third-order valence-corrected chi connectivity index (χ3v) is 3.89. The van der Waals surface area contributed by atoms with E-state index in [1.165, 1.54) is 25.3 Å². The minimum Gasteiger partial charge on any atom is -0.495 e. The first-order valence-corrected chi connectivity index (χ1v) is 7.59. The van der Waals surface area contributed by atoms with Crippen LogP contribution < -0.4 is 20.5 Å². The van der Waals surface area contributed by atoms with Gasteiger partial charge in [0.05, 0.1) is 13.7 Å². The number of ether oxygens (including phenoxy) is 1. The second kappa shape index (κ2) is 7.11. The molecule has 0 heterocycles. The van der Waals surface area contributed by atoms with E-state index < -0.39 is 15.9 Å². The molecule has 20 heavy (non-hydrogen) atoms. The number of nitrogens with one attached hydrogen (secondary N) is 2. The van der Waals surface area contributed by atoms with Crippen LogP contribution in [0.25, 0.3) is 0 Å². The van der Waals surface area contributed by atoms with Crippen LogP contribution in [0.3, 0.4) is 0 Å². The third kappa shape index (κ3) is 4.39. The normalized spacial score (nSPS) is 11.1. The summed E-state index contributed by atoms with van der Waals surface area (Å²) in [5.41, 5.74) is 5.87. The molecule has 8 heteroatoms. The number of benzene rings is 1. The van der Waals surface area contributed by atoms with Gasteiger partial charge in [0.1, 0.15) is 10.6 Å². The number of sulfonamides is 1. The summed E-state index contributed by atoms with van der Waals surface area (Å²) >= 11 is 0. The molecule has 0 aromatic heterocycles. The van der Waals surface area contributed by atoms with Gasteiger partial charge in [-0.25, -0.2) is 13.1 Å². The van der Waals surface area contributed by atoms with Crippen LogP contribution >= 0.6 is 0 Å². The van der Waals surface area contributed by atoms with E-state index in [1.54, 1.807) is 0 Å². The molecule has 0 saturated heterocycles. The lowest BCUT2D eigenvalue weighted by atomic mass is 10.3. The summed E-state index contributed by atoms with van der Waals surface area (Å²) in [6, 6.07) is 4.28. The van der Waals surface area contributed by atoms with Crippen molar-refractivity contribution in [2.24, 2.45) is 0 Å². The van der Waals surface area contributed by atoms with E-state index in [1.807, 2.05) is 6.92 Å². The number of nitrogens with two attached hydrogens (primary N) is 1. The maximum atomic E-state index is 12.1. The van der Waals surface area contributed by atoms with E-state index in [-0.39, 0.29) is 17.2 Å². The van der Waals surface area contributed by atoms with Gasteiger partial charge >= 0.3 is 0 Å². The van der Waals surface area contributed by atoms with Gasteiger partial charge in [-0.05, 0) is 24.6 Å². The third-order valence-electron chi connectivity index (χ3n) is 2.47. The van der Waals surface area contributed by atoms with Crippen LogP contribution in [0.4, 0.5) is 5.69 Å². The van der Waals surface area contributed by atoms with Crippen LogP contribution in [-0.4, -0.2) is 34.5 Å². The quantitative estimate of drug-likeness (QED) is 0.618. The number of hydrogen-bond donors (Lipinski definition) is 3. The van der Waals surface area contributed by atoms with Crippen LogP contribution in [0, 0.1) is 0 Å². The standard InChI is InChI=1S/C12H19N3O4S/c1-3-6-14-12(16)8-15-20(17,18)11-7-9(13)4-5-10(11)19-2/h4-5,7,15H,3,6,8,13H2,1-2H3,(H,14,16). The first kappa shape index (κ1) is 16.3. The second-order valence-electron chi connectivity index (χ2n) is 4.08. The molecule has 1 aromatic rings. The number of nitrogen functional groups attached to an aromatic ring is 1. The number of carbonyl (C=O) groups excluding carboxylic acids is 1. The van der Waals surface area contributed by atoms with E-state index in [4.69, 9.17) is 10.5 Å². The van der Waals surface area contributed by atoms with Crippen molar-refractivity contribution in [3.8, 4) is 5.75 Å². The van der Waals surface area contributed by atoms with Crippen LogP contribution in [0.15, 0.2) is 23.1 Å². The van der Waals surface area contributed by atoms with E-state index in [0.29, 0.717) is 12.2 Å². The molecule has 0 radical (unpaired) electrons. The minimum atomic E-state index is -3.86. The summed E-state index contributed by atoms with van der Waals surface area (Å²) < 4.78 is 31.4. The highest BCUT2D eigenvalue weighted by Crippen LogP contribution is 2.25. The fourth-order valence-corrected chi connectivity index (χ4v) is 2.65. The van der Waals surface area contributed by atoms with Crippen molar-refractivity contribution in [3.05, 3.63) is 18.2 Å². The average Bonchev–Trinajstić information content (AvgIpc) is 2.43. The molecule has 0 fully saturated rings. The van der Waals surface area contributed by atoms with Crippen LogP contribution in [0.1, 0.15) is 13.3 Å². The highest BCUT2D eigenvalue weighted by molar-refractivity contribution is 7.89. The molecule has 0 unspecified atom stereocenters. The molecule has 0 saturated carbocycles. The summed E-state index contributed by atoms with van der Waals surface area (Å²) in [4.78, 5) is 11.3. The molecule has 1 amide bonds. The Morgan fingerprint density at radius 3 is 2.70 bits per heavy atom. The number of carbonyl (C=O) groups is 1. The van der Waals surface area contributed by atoms with Crippen molar-refractivity contribution in [1.29, 1.82) is 0 Å². The molecule has 0 aliphatic heterocycles. The number of hydrogen-bond acceptors (Lipinski definition) is 5. The lowest BCUT2D eigenvalue weighted by Gasteiger charge is -2.11. The van der Waals surface area contributed by atoms with Crippen LogP contribution in [-0.2, 0) is 14.8 Å². The molecular formula is C12H19N3O4S. The van der Waals surface area contributed by atoms with E-state index in [9.17, 15) is 13.2 Å². The summed E-state index contributed by atoms with van der Waals surface area (Å²) in [5.74, 6) is -0.223. The Morgan fingerprint density at radius 1 is 1.40 bits per heavy atom. The fraction of sp³-hybridized carbons (Fsp3) is 0.417. The first-order valence-electron chi connectivity index (χ1n) is 6.10. The van der Waals surface area contributed by atoms with E-state index in [2.05, 4.69) is 10.0 Å². The van der Waals surface area contributed by atoms with Crippen LogP contribution in [0.5, 0.6) is 5.75 Å². The van der Waals surface area contributed by atoms with Crippen molar-refractivity contribution in [3.63, 3.8) is 0 Å². The molecule has 0 atom stereocenters. The Morgan fingerprint density at radius 2 is 2.10 bits per heavy atom. The van der Waals surface area contributed by atoms with Gasteiger partial charge in [0, 0.05) is 12.2 Å². The maximum absolute atomic E-state index is 12.1. The number of rotatable bonds is 7. The Kier molecular flexibility index (Phi) is 5.78. The molecule has 4 N–H and O–H groups in total. The second-order valence-corrected chi connectivity index (χ2v) is 5.82. The fourth-order valence-electron chi connectivity index (χ4n) is 1.47. The highest BCUT2D eigenvalue weighted by atomic mass is 32.2. The summed E-state index contributed by atoms with van der Waals surface area (Å²) in [6.45, 7) is 2.07. The smallest absolute Gasteiger partial charge is 0.244 e. The van der Waals surface area contributed by atoms with Crippen molar-refractivity contribution in [1.82, 2.24) is 10.0 Å². The largest absolute Gasteiger partial charge is 0.495 e. The molecule has 1 aromatic carbocycles. The lowest BCUT2D eigenvalue weighted by molar-refractivity contribution is -0.119. The average molecular weight is 301 g/mol. The van der Waals surface area contributed by atoms with E-state index in [0.717, 1.165) is 6.42 Å². The van der Waals surface area contributed by atoms with Crippen molar-refractivity contribution < 1.29 is 17.9 Å².